The molecule has 0 bridgehead atoms. The molecule has 1 atom stereocenters. The Balaban J connectivity index is 2.00. The van der Waals surface area contributed by atoms with E-state index in [-0.39, 0.29) is 12.4 Å². The molecule has 0 aliphatic carbocycles. The predicted molar refractivity (Wildman–Crippen MR) is 103 cm³/mol. The number of rotatable bonds is 6. The van der Waals surface area contributed by atoms with Crippen molar-refractivity contribution in [2.75, 3.05) is 6.54 Å². The molecule has 0 spiro atoms. The van der Waals surface area contributed by atoms with E-state index in [4.69, 9.17) is 23.2 Å². The van der Waals surface area contributed by atoms with Crippen LogP contribution in [0.3, 0.4) is 0 Å². The number of nitrogens with zero attached hydrogens (tertiary/aromatic N) is 4. The number of aromatic nitrogens is 3. The largest absolute Gasteiger partial charge is 0.274 e. The molecule has 2 aromatic carbocycles. The van der Waals surface area contributed by atoms with Gasteiger partial charge >= 0.3 is 0 Å². The second-order valence-corrected chi connectivity index (χ2v) is 7.64. The zero-order chi connectivity index (χ0) is 19.6. The first-order chi connectivity index (χ1) is 12.8. The van der Waals surface area contributed by atoms with Gasteiger partial charge < -0.3 is 0 Å². The van der Waals surface area contributed by atoms with Crippen LogP contribution in [0.5, 0.6) is 0 Å². The molecule has 140 valence electrons. The highest BCUT2D eigenvalue weighted by molar-refractivity contribution is 7.99. The van der Waals surface area contributed by atoms with Crippen LogP contribution in [0, 0.1) is 22.9 Å². The van der Waals surface area contributed by atoms with Gasteiger partial charge in [0.15, 0.2) is 5.16 Å². The normalized spacial score (nSPS) is 12.1. The van der Waals surface area contributed by atoms with Crippen molar-refractivity contribution in [2.45, 2.75) is 17.3 Å². The molecule has 0 amide bonds. The van der Waals surface area contributed by atoms with Crippen molar-refractivity contribution in [3.63, 3.8) is 0 Å². The Labute approximate surface area is 168 Å². The fourth-order valence-corrected chi connectivity index (χ4v) is 4.35. The molecule has 0 fully saturated rings. The fourth-order valence-electron chi connectivity index (χ4n) is 2.53. The van der Waals surface area contributed by atoms with Crippen LogP contribution in [0.1, 0.15) is 16.6 Å². The highest BCUT2D eigenvalue weighted by atomic mass is 35.5. The molecule has 0 aliphatic heterocycles. The van der Waals surface area contributed by atoms with E-state index in [9.17, 15) is 14.5 Å². The van der Waals surface area contributed by atoms with Crippen LogP contribution in [-0.4, -0.2) is 26.2 Å². The molecule has 0 unspecified atom stereocenters. The van der Waals surface area contributed by atoms with Gasteiger partial charge in [-0.05, 0) is 48.9 Å². The number of benzene rings is 2. The SMILES string of the molecule is Cc1nnc(S[C@H](C[N+](=O)[O-])c2ccc(Cl)cc2Cl)n1-c1ccc(F)cc1. The van der Waals surface area contributed by atoms with E-state index in [1.165, 1.54) is 12.1 Å². The van der Waals surface area contributed by atoms with Crippen LogP contribution >= 0.6 is 35.0 Å². The second-order valence-electron chi connectivity index (χ2n) is 5.63. The molecule has 0 saturated carbocycles. The molecule has 10 heteroatoms. The van der Waals surface area contributed by atoms with E-state index in [1.807, 2.05) is 0 Å². The van der Waals surface area contributed by atoms with Gasteiger partial charge in [0, 0.05) is 20.7 Å². The Kier molecular flexibility index (Phi) is 5.98. The van der Waals surface area contributed by atoms with E-state index < -0.39 is 10.2 Å². The molecule has 1 heterocycles. The molecule has 3 aromatic rings. The number of hydrogen-bond acceptors (Lipinski definition) is 5. The minimum atomic E-state index is -0.604. The van der Waals surface area contributed by atoms with E-state index in [0.717, 1.165) is 11.8 Å². The first kappa shape index (κ1) is 19.6. The maximum absolute atomic E-state index is 13.2. The summed E-state index contributed by atoms with van der Waals surface area (Å²) in [7, 11) is 0. The Hall–Kier alpha value is -2.16. The molecular weight excluding hydrogens is 414 g/mol. The van der Waals surface area contributed by atoms with Crippen molar-refractivity contribution in [1.82, 2.24) is 14.8 Å². The van der Waals surface area contributed by atoms with Gasteiger partial charge in [-0.15, -0.1) is 10.2 Å². The lowest BCUT2D eigenvalue weighted by molar-refractivity contribution is -0.479. The quantitative estimate of drug-likeness (QED) is 0.310. The van der Waals surface area contributed by atoms with Crippen LogP contribution in [0.15, 0.2) is 47.6 Å². The summed E-state index contributed by atoms with van der Waals surface area (Å²) in [6.07, 6.45) is 0. The van der Waals surface area contributed by atoms with Crippen LogP contribution in [0.4, 0.5) is 4.39 Å². The smallest absolute Gasteiger partial charge is 0.220 e. The lowest BCUT2D eigenvalue weighted by atomic mass is 10.1. The van der Waals surface area contributed by atoms with E-state index in [2.05, 4.69) is 10.2 Å². The molecule has 6 nitrogen and oxygen atoms in total. The first-order valence-electron chi connectivity index (χ1n) is 7.76. The molecule has 0 aliphatic rings. The second kappa shape index (κ2) is 8.24. The number of nitro groups is 1. The van der Waals surface area contributed by atoms with Gasteiger partial charge in [-0.2, -0.15) is 0 Å². The standard InChI is InChI=1S/C17H13Cl2FN4O2S/c1-10-21-22-17(24(10)13-5-3-12(20)4-6-13)27-16(9-23(25)26)14-7-2-11(18)8-15(14)19/h2-8,16H,9H2,1H3/t16-/m1/s1. The summed E-state index contributed by atoms with van der Waals surface area (Å²) in [6.45, 7) is 1.39. The lowest BCUT2D eigenvalue weighted by Crippen LogP contribution is -2.11. The van der Waals surface area contributed by atoms with Crippen molar-refractivity contribution in [3.8, 4) is 5.69 Å². The summed E-state index contributed by atoms with van der Waals surface area (Å²) >= 11 is 13.3. The van der Waals surface area contributed by atoms with Gasteiger partial charge in [0.2, 0.25) is 6.54 Å². The maximum Gasteiger partial charge on any atom is 0.220 e. The van der Waals surface area contributed by atoms with Crippen molar-refractivity contribution < 1.29 is 9.31 Å². The molecular formula is C17H13Cl2FN4O2S. The molecule has 3 rings (SSSR count). The summed E-state index contributed by atoms with van der Waals surface area (Å²) < 4.78 is 14.9. The molecule has 0 saturated heterocycles. The van der Waals surface area contributed by atoms with E-state index in [1.54, 1.807) is 41.8 Å². The monoisotopic (exact) mass is 426 g/mol. The Morgan fingerprint density at radius 2 is 1.93 bits per heavy atom. The zero-order valence-corrected chi connectivity index (χ0v) is 16.3. The van der Waals surface area contributed by atoms with Crippen molar-refractivity contribution >= 4 is 35.0 Å². The fraction of sp³-hybridized carbons (Fsp3) is 0.176. The summed E-state index contributed by atoms with van der Waals surface area (Å²) in [5.41, 5.74) is 1.23. The van der Waals surface area contributed by atoms with Gasteiger partial charge in [0.1, 0.15) is 16.9 Å². The topological polar surface area (TPSA) is 73.8 Å². The first-order valence-corrected chi connectivity index (χ1v) is 9.40. The summed E-state index contributed by atoms with van der Waals surface area (Å²) in [6, 6.07) is 10.7. The van der Waals surface area contributed by atoms with Gasteiger partial charge in [-0.25, -0.2) is 4.39 Å². The molecule has 27 heavy (non-hydrogen) atoms. The number of halogens is 3. The average molecular weight is 427 g/mol. The van der Waals surface area contributed by atoms with Crippen molar-refractivity contribution in [3.05, 3.63) is 79.8 Å². The highest BCUT2D eigenvalue weighted by Crippen LogP contribution is 2.39. The van der Waals surface area contributed by atoms with Crippen LogP contribution in [0.2, 0.25) is 10.0 Å². The van der Waals surface area contributed by atoms with Crippen LogP contribution < -0.4 is 0 Å². The van der Waals surface area contributed by atoms with Gasteiger partial charge in [-0.3, -0.25) is 14.7 Å². The van der Waals surface area contributed by atoms with Crippen LogP contribution in [-0.2, 0) is 0 Å². The zero-order valence-electron chi connectivity index (χ0n) is 14.0. The number of hydrogen-bond donors (Lipinski definition) is 0. The third-order valence-electron chi connectivity index (χ3n) is 3.75. The summed E-state index contributed by atoms with van der Waals surface area (Å²) in [5.74, 6) is 0.212. The number of thioether (sulfide) groups is 1. The van der Waals surface area contributed by atoms with Crippen LogP contribution in [0.25, 0.3) is 5.69 Å². The Morgan fingerprint density at radius 3 is 2.56 bits per heavy atom. The Morgan fingerprint density at radius 1 is 1.22 bits per heavy atom. The third kappa shape index (κ3) is 4.58. The van der Waals surface area contributed by atoms with Crippen molar-refractivity contribution in [1.29, 1.82) is 0 Å². The summed E-state index contributed by atoms with van der Waals surface area (Å²) in [4.78, 5) is 10.8. The maximum atomic E-state index is 13.2. The molecule has 0 N–H and O–H groups in total. The molecule has 0 radical (unpaired) electrons. The number of aryl methyl sites for hydroxylation is 1. The Bertz CT molecular complexity index is 982. The van der Waals surface area contributed by atoms with Gasteiger partial charge in [-0.1, -0.05) is 41.0 Å². The minimum absolute atomic E-state index is 0.339. The average Bonchev–Trinajstić information content (AvgIpc) is 2.95. The van der Waals surface area contributed by atoms with Gasteiger partial charge in [0.05, 0.1) is 0 Å². The summed E-state index contributed by atoms with van der Waals surface area (Å²) in [5, 5.41) is 20.0. The minimum Gasteiger partial charge on any atom is -0.274 e. The predicted octanol–water partition coefficient (Wildman–Crippen LogP) is 5.13. The van der Waals surface area contributed by atoms with Gasteiger partial charge in [0.25, 0.3) is 0 Å². The third-order valence-corrected chi connectivity index (χ3v) is 5.48. The highest BCUT2D eigenvalue weighted by Gasteiger charge is 2.25. The van der Waals surface area contributed by atoms with E-state index >= 15 is 0 Å². The van der Waals surface area contributed by atoms with Crippen molar-refractivity contribution in [2.24, 2.45) is 0 Å². The molecule has 1 aromatic heterocycles. The lowest BCUT2D eigenvalue weighted by Gasteiger charge is -2.15. The van der Waals surface area contributed by atoms with E-state index in [0.29, 0.717) is 32.3 Å².